The van der Waals surface area contributed by atoms with Crippen molar-refractivity contribution >= 4 is 11.6 Å². The van der Waals surface area contributed by atoms with Crippen LogP contribution in [0.1, 0.15) is 24.0 Å². The van der Waals surface area contributed by atoms with Crippen LogP contribution >= 0.6 is 11.6 Å². The molecule has 1 atom stereocenters. The number of nitrogens with zero attached hydrogens (tertiary/aromatic N) is 2. The van der Waals surface area contributed by atoms with Gasteiger partial charge in [-0.25, -0.2) is 0 Å². The molecule has 0 aliphatic carbocycles. The van der Waals surface area contributed by atoms with Crippen LogP contribution in [0.3, 0.4) is 0 Å². The maximum Gasteiger partial charge on any atom is 0.244 e. The van der Waals surface area contributed by atoms with E-state index in [0.717, 1.165) is 11.1 Å². The van der Waals surface area contributed by atoms with Crippen LogP contribution in [0.2, 0.25) is 5.02 Å². The number of hydrogen-bond donors (Lipinski definition) is 2. The Bertz CT molecular complexity index is 1180. The van der Waals surface area contributed by atoms with Crippen LogP contribution in [0.4, 0.5) is 0 Å². The highest BCUT2D eigenvalue weighted by Gasteiger charge is 2.35. The Morgan fingerprint density at radius 3 is 2.80 bits per heavy atom. The molecule has 1 aliphatic rings. The number of aromatic nitrogens is 2. The first-order valence-electron chi connectivity index (χ1n) is 9.29. The molecule has 0 unspecified atom stereocenters. The molecule has 8 heteroatoms. The van der Waals surface area contributed by atoms with Crippen LogP contribution in [0.15, 0.2) is 53.9 Å². The number of aromatic amines is 1. The highest BCUT2D eigenvalue weighted by molar-refractivity contribution is 6.30. The summed E-state index contributed by atoms with van der Waals surface area (Å²) in [6, 6.07) is 15.1. The standard InChI is InChI=1S/C22H19ClN4O3/c1-3-29-16-8-7-13(10-17(16)28-2)20-19-18(12-5-4-6-14(23)9-12)15(11-24)21(25)30-22(19)27-26-20/h4-10,18H,3,25H2,1-2H3,(H,26,27)/t18-/m0/s1. The van der Waals surface area contributed by atoms with E-state index in [-0.39, 0.29) is 5.88 Å². The zero-order valence-corrected chi connectivity index (χ0v) is 17.2. The number of rotatable bonds is 5. The number of hydrogen-bond acceptors (Lipinski definition) is 6. The summed E-state index contributed by atoms with van der Waals surface area (Å²) >= 11 is 6.22. The van der Waals surface area contributed by atoms with Gasteiger partial charge in [-0.2, -0.15) is 5.26 Å². The van der Waals surface area contributed by atoms with Gasteiger partial charge in [0.1, 0.15) is 11.6 Å². The van der Waals surface area contributed by atoms with Gasteiger partial charge >= 0.3 is 0 Å². The SMILES string of the molecule is CCOc1ccc(-c2[nH]nc3c2[C@@H](c2cccc(Cl)c2)C(C#N)=C(N)O3)cc1OC. The minimum atomic E-state index is -0.483. The predicted molar refractivity (Wildman–Crippen MR) is 112 cm³/mol. The fourth-order valence-electron chi connectivity index (χ4n) is 3.58. The summed E-state index contributed by atoms with van der Waals surface area (Å²) in [5.74, 6) is 1.09. The molecule has 2 aromatic carbocycles. The average Bonchev–Trinajstić information content (AvgIpc) is 3.16. The van der Waals surface area contributed by atoms with E-state index in [1.165, 1.54) is 0 Å². The van der Waals surface area contributed by atoms with E-state index >= 15 is 0 Å². The number of fused-ring (bicyclic) bond motifs is 1. The van der Waals surface area contributed by atoms with E-state index in [1.807, 2.05) is 43.3 Å². The van der Waals surface area contributed by atoms with Crippen molar-refractivity contribution < 1.29 is 14.2 Å². The van der Waals surface area contributed by atoms with E-state index in [4.69, 9.17) is 31.5 Å². The van der Waals surface area contributed by atoms with E-state index in [9.17, 15) is 5.26 Å². The van der Waals surface area contributed by atoms with Crippen molar-refractivity contribution in [1.29, 1.82) is 5.26 Å². The molecule has 7 nitrogen and oxygen atoms in total. The van der Waals surface area contributed by atoms with E-state index < -0.39 is 5.92 Å². The molecule has 1 aromatic heterocycles. The van der Waals surface area contributed by atoms with Gasteiger partial charge in [-0.05, 0) is 42.8 Å². The zero-order chi connectivity index (χ0) is 21.3. The fraction of sp³-hybridized carbons (Fsp3) is 0.182. The molecule has 2 heterocycles. The molecule has 0 fully saturated rings. The van der Waals surface area contributed by atoms with Crippen molar-refractivity contribution in [3.05, 3.63) is 70.1 Å². The lowest BCUT2D eigenvalue weighted by Crippen LogP contribution is -2.21. The molecular formula is C22H19ClN4O3. The minimum absolute atomic E-state index is 0.0253. The lowest BCUT2D eigenvalue weighted by Gasteiger charge is -2.24. The maximum atomic E-state index is 9.80. The van der Waals surface area contributed by atoms with Crippen LogP contribution in [0, 0.1) is 11.3 Å². The summed E-state index contributed by atoms with van der Waals surface area (Å²) in [6.07, 6.45) is 0. The summed E-state index contributed by atoms with van der Waals surface area (Å²) in [4.78, 5) is 0. The predicted octanol–water partition coefficient (Wildman–Crippen LogP) is 4.36. The summed E-state index contributed by atoms with van der Waals surface area (Å²) in [7, 11) is 1.58. The van der Waals surface area contributed by atoms with Gasteiger partial charge in [-0.15, -0.1) is 5.10 Å². The molecule has 0 spiro atoms. The van der Waals surface area contributed by atoms with Crippen molar-refractivity contribution in [2.45, 2.75) is 12.8 Å². The van der Waals surface area contributed by atoms with Crippen molar-refractivity contribution in [2.75, 3.05) is 13.7 Å². The number of nitrogens with one attached hydrogen (secondary N) is 1. The number of methoxy groups -OCH3 is 1. The number of H-pyrrole nitrogens is 1. The quantitative estimate of drug-likeness (QED) is 0.632. The largest absolute Gasteiger partial charge is 0.493 e. The van der Waals surface area contributed by atoms with Gasteiger partial charge < -0.3 is 19.9 Å². The Balaban J connectivity index is 1.90. The lowest BCUT2D eigenvalue weighted by atomic mass is 9.83. The smallest absolute Gasteiger partial charge is 0.244 e. The number of nitriles is 1. The normalized spacial score (nSPS) is 15.2. The van der Waals surface area contributed by atoms with Gasteiger partial charge in [0.05, 0.1) is 30.9 Å². The molecule has 1 aliphatic heterocycles. The van der Waals surface area contributed by atoms with Crippen molar-refractivity contribution in [3.63, 3.8) is 0 Å². The van der Waals surface area contributed by atoms with Crippen molar-refractivity contribution in [2.24, 2.45) is 5.73 Å². The maximum absolute atomic E-state index is 9.80. The third-order valence-corrected chi connectivity index (χ3v) is 5.11. The van der Waals surface area contributed by atoms with Gasteiger partial charge in [0.25, 0.3) is 0 Å². The van der Waals surface area contributed by atoms with Gasteiger partial charge in [0, 0.05) is 10.6 Å². The molecule has 4 rings (SSSR count). The van der Waals surface area contributed by atoms with E-state index in [0.29, 0.717) is 45.8 Å². The Hall–Kier alpha value is -3.63. The van der Waals surface area contributed by atoms with Crippen LogP contribution in [-0.2, 0) is 0 Å². The molecule has 152 valence electrons. The molecule has 30 heavy (non-hydrogen) atoms. The van der Waals surface area contributed by atoms with Crippen LogP contribution < -0.4 is 19.9 Å². The van der Waals surface area contributed by atoms with Gasteiger partial charge in [0.2, 0.25) is 11.8 Å². The number of halogens is 1. The first kappa shape index (κ1) is 19.7. The molecule has 0 amide bonds. The van der Waals surface area contributed by atoms with Crippen LogP contribution in [0.5, 0.6) is 17.4 Å². The molecule has 0 saturated carbocycles. The fourth-order valence-corrected chi connectivity index (χ4v) is 3.78. The topological polar surface area (TPSA) is 106 Å². The number of allylic oxidation sites excluding steroid dienone is 1. The second-order valence-electron chi connectivity index (χ2n) is 6.60. The molecule has 0 saturated heterocycles. The van der Waals surface area contributed by atoms with Crippen LogP contribution in [0.25, 0.3) is 11.3 Å². The molecule has 0 bridgehead atoms. The minimum Gasteiger partial charge on any atom is -0.493 e. The van der Waals surface area contributed by atoms with Gasteiger partial charge in [0.15, 0.2) is 11.5 Å². The molecular weight excluding hydrogens is 404 g/mol. The van der Waals surface area contributed by atoms with E-state index in [2.05, 4.69) is 16.3 Å². The monoisotopic (exact) mass is 422 g/mol. The zero-order valence-electron chi connectivity index (χ0n) is 16.4. The molecule has 0 radical (unpaired) electrons. The van der Waals surface area contributed by atoms with Gasteiger partial charge in [-0.3, -0.25) is 5.10 Å². The summed E-state index contributed by atoms with van der Waals surface area (Å²) < 4.78 is 16.7. The Morgan fingerprint density at radius 2 is 2.10 bits per heavy atom. The first-order chi connectivity index (χ1) is 14.6. The Morgan fingerprint density at radius 1 is 1.27 bits per heavy atom. The molecule has 3 aromatic rings. The van der Waals surface area contributed by atoms with Crippen molar-refractivity contribution in [1.82, 2.24) is 10.2 Å². The van der Waals surface area contributed by atoms with Crippen molar-refractivity contribution in [3.8, 4) is 34.7 Å². The lowest BCUT2D eigenvalue weighted by molar-refractivity contribution is 0.311. The Labute approximate surface area is 178 Å². The second-order valence-corrected chi connectivity index (χ2v) is 7.03. The third-order valence-electron chi connectivity index (χ3n) is 4.87. The number of nitrogens with two attached hydrogens (primary N) is 1. The van der Waals surface area contributed by atoms with Crippen LogP contribution in [-0.4, -0.2) is 23.9 Å². The first-order valence-corrected chi connectivity index (χ1v) is 9.67. The number of benzene rings is 2. The summed E-state index contributed by atoms with van der Waals surface area (Å²) in [6.45, 7) is 2.43. The summed E-state index contributed by atoms with van der Waals surface area (Å²) in [5.41, 5.74) is 9.33. The second kappa shape index (κ2) is 8.01. The third kappa shape index (κ3) is 3.31. The Kier molecular flexibility index (Phi) is 5.25. The highest BCUT2D eigenvalue weighted by atomic mass is 35.5. The van der Waals surface area contributed by atoms with Gasteiger partial charge in [-0.1, -0.05) is 23.7 Å². The molecule has 3 N–H and O–H groups in total. The van der Waals surface area contributed by atoms with E-state index in [1.54, 1.807) is 13.2 Å². The average molecular weight is 423 g/mol. The number of ether oxygens (including phenoxy) is 3. The summed E-state index contributed by atoms with van der Waals surface area (Å²) in [5, 5.41) is 17.7. The highest BCUT2D eigenvalue weighted by Crippen LogP contribution is 2.46.